The number of hydrazine groups is 1. The number of aromatic nitrogens is 2. The normalized spacial score (nSPS) is 21.9. The van der Waals surface area contributed by atoms with Crippen molar-refractivity contribution in [3.63, 3.8) is 0 Å². The lowest BCUT2D eigenvalue weighted by Gasteiger charge is -2.13. The topological polar surface area (TPSA) is 87.3 Å². The van der Waals surface area contributed by atoms with Gasteiger partial charge in [-0.1, -0.05) is 0 Å². The second-order valence-electron chi connectivity index (χ2n) is 3.71. The minimum absolute atomic E-state index is 0.192. The highest BCUT2D eigenvalue weighted by molar-refractivity contribution is 5.28. The summed E-state index contributed by atoms with van der Waals surface area (Å²) < 4.78 is 0. The number of nitrogens with two attached hydrogens (primary N) is 1. The molecule has 0 aromatic carbocycles. The van der Waals surface area contributed by atoms with Gasteiger partial charge in [-0.15, -0.1) is 0 Å². The Kier molecular flexibility index (Phi) is 3.10. The Hall–Kier alpha value is -1.24. The average molecular weight is 209 g/mol. The van der Waals surface area contributed by atoms with Gasteiger partial charge in [0.2, 0.25) is 0 Å². The molecule has 0 radical (unpaired) electrons. The zero-order valence-corrected chi connectivity index (χ0v) is 8.43. The SMILES string of the molecule is NNc1cnc(CN2CCC(O)C2)cn1. The van der Waals surface area contributed by atoms with Crippen LogP contribution in [0.5, 0.6) is 0 Å². The summed E-state index contributed by atoms with van der Waals surface area (Å²) in [5, 5.41) is 9.36. The van der Waals surface area contributed by atoms with Gasteiger partial charge in [0.25, 0.3) is 0 Å². The van der Waals surface area contributed by atoms with Gasteiger partial charge in [0.15, 0.2) is 5.82 Å². The van der Waals surface area contributed by atoms with E-state index < -0.39 is 0 Å². The van der Waals surface area contributed by atoms with Crippen molar-refractivity contribution in [2.45, 2.75) is 19.1 Å². The number of aliphatic hydroxyl groups excluding tert-OH is 1. The van der Waals surface area contributed by atoms with Crippen LogP contribution in [0.2, 0.25) is 0 Å². The standard InChI is InChI=1S/C9H15N5O/c10-13-9-4-11-7(3-12-9)5-14-2-1-8(15)6-14/h3-4,8,15H,1-2,5-6,10H2,(H,12,13). The third-order valence-corrected chi connectivity index (χ3v) is 2.49. The van der Waals surface area contributed by atoms with Crippen LogP contribution in [0.15, 0.2) is 12.4 Å². The minimum atomic E-state index is -0.192. The number of nitrogen functional groups attached to an aromatic ring is 1. The largest absolute Gasteiger partial charge is 0.392 e. The van der Waals surface area contributed by atoms with Gasteiger partial charge in [-0.05, 0) is 6.42 Å². The molecule has 6 nitrogen and oxygen atoms in total. The number of β-amino-alcohol motifs (C(OH)–C–C–N with tert-alkyl or cyclic N) is 1. The van der Waals surface area contributed by atoms with Crippen LogP contribution in [0.4, 0.5) is 5.82 Å². The van der Waals surface area contributed by atoms with E-state index in [1.165, 1.54) is 0 Å². The summed E-state index contributed by atoms with van der Waals surface area (Å²) in [5.41, 5.74) is 3.32. The van der Waals surface area contributed by atoms with E-state index in [1.807, 2.05) is 0 Å². The summed E-state index contributed by atoms with van der Waals surface area (Å²) in [6.07, 6.45) is 3.94. The van der Waals surface area contributed by atoms with Crippen LogP contribution < -0.4 is 11.3 Å². The Morgan fingerprint density at radius 3 is 2.93 bits per heavy atom. The lowest BCUT2D eigenvalue weighted by atomic mass is 10.3. The molecule has 0 bridgehead atoms. The molecule has 0 aliphatic carbocycles. The van der Waals surface area contributed by atoms with Crippen molar-refractivity contribution < 1.29 is 5.11 Å². The fourth-order valence-corrected chi connectivity index (χ4v) is 1.70. The van der Waals surface area contributed by atoms with Crippen LogP contribution >= 0.6 is 0 Å². The van der Waals surface area contributed by atoms with Crippen LogP contribution in [0.25, 0.3) is 0 Å². The van der Waals surface area contributed by atoms with Gasteiger partial charge in [0.1, 0.15) is 0 Å². The summed E-state index contributed by atoms with van der Waals surface area (Å²) in [7, 11) is 0. The third kappa shape index (κ3) is 2.62. The first-order valence-corrected chi connectivity index (χ1v) is 4.96. The molecule has 2 rings (SSSR count). The molecule has 0 amide bonds. The summed E-state index contributed by atoms with van der Waals surface area (Å²) >= 11 is 0. The van der Waals surface area contributed by atoms with Crippen molar-refractivity contribution >= 4 is 5.82 Å². The summed E-state index contributed by atoms with van der Waals surface area (Å²) in [6.45, 7) is 2.37. The van der Waals surface area contributed by atoms with E-state index in [0.717, 1.165) is 31.7 Å². The Morgan fingerprint density at radius 1 is 1.53 bits per heavy atom. The average Bonchev–Trinajstić information content (AvgIpc) is 2.65. The molecule has 15 heavy (non-hydrogen) atoms. The quantitative estimate of drug-likeness (QED) is 0.452. The molecule has 1 aromatic heterocycles. The fourth-order valence-electron chi connectivity index (χ4n) is 1.70. The zero-order valence-electron chi connectivity index (χ0n) is 8.43. The van der Waals surface area contributed by atoms with Crippen molar-refractivity contribution in [1.82, 2.24) is 14.9 Å². The van der Waals surface area contributed by atoms with Crippen LogP contribution in [0.1, 0.15) is 12.1 Å². The third-order valence-electron chi connectivity index (χ3n) is 2.49. The smallest absolute Gasteiger partial charge is 0.158 e. The monoisotopic (exact) mass is 209 g/mol. The molecule has 1 unspecified atom stereocenters. The van der Waals surface area contributed by atoms with Gasteiger partial charge < -0.3 is 10.5 Å². The van der Waals surface area contributed by atoms with E-state index in [1.54, 1.807) is 12.4 Å². The van der Waals surface area contributed by atoms with Gasteiger partial charge in [-0.3, -0.25) is 9.88 Å². The molecular formula is C9H15N5O. The Bertz CT molecular complexity index is 315. The number of hydrogen-bond acceptors (Lipinski definition) is 6. The van der Waals surface area contributed by atoms with E-state index in [0.29, 0.717) is 5.82 Å². The van der Waals surface area contributed by atoms with Crippen LogP contribution in [0.3, 0.4) is 0 Å². The van der Waals surface area contributed by atoms with Crippen LogP contribution in [0, 0.1) is 0 Å². The molecule has 4 N–H and O–H groups in total. The molecule has 1 aliphatic rings. The Labute approximate surface area is 88.1 Å². The number of aliphatic hydroxyl groups is 1. The molecule has 1 fully saturated rings. The lowest BCUT2D eigenvalue weighted by molar-refractivity contribution is 0.174. The van der Waals surface area contributed by atoms with Crippen molar-refractivity contribution in [3.8, 4) is 0 Å². The Balaban J connectivity index is 1.93. The molecule has 0 saturated carbocycles. The molecular weight excluding hydrogens is 194 g/mol. The van der Waals surface area contributed by atoms with Gasteiger partial charge in [0.05, 0.1) is 24.2 Å². The maximum Gasteiger partial charge on any atom is 0.158 e. The van der Waals surface area contributed by atoms with Crippen molar-refractivity contribution in [2.75, 3.05) is 18.5 Å². The minimum Gasteiger partial charge on any atom is -0.392 e. The molecule has 1 aromatic rings. The number of nitrogens with one attached hydrogen (secondary N) is 1. The first-order valence-electron chi connectivity index (χ1n) is 4.96. The second kappa shape index (κ2) is 4.52. The molecule has 1 aliphatic heterocycles. The first-order chi connectivity index (χ1) is 7.28. The lowest BCUT2D eigenvalue weighted by Crippen LogP contribution is -2.22. The first kappa shape index (κ1) is 10.3. The van der Waals surface area contributed by atoms with Crippen molar-refractivity contribution in [3.05, 3.63) is 18.1 Å². The van der Waals surface area contributed by atoms with Crippen LogP contribution in [-0.4, -0.2) is 39.2 Å². The predicted molar refractivity (Wildman–Crippen MR) is 55.7 cm³/mol. The maximum absolute atomic E-state index is 9.36. The molecule has 0 spiro atoms. The number of rotatable bonds is 3. The number of likely N-dealkylation sites (tertiary alicyclic amines) is 1. The predicted octanol–water partition coefficient (Wildman–Crippen LogP) is -0.671. The molecule has 6 heteroatoms. The van der Waals surface area contributed by atoms with Crippen molar-refractivity contribution in [1.29, 1.82) is 0 Å². The number of anilines is 1. The maximum atomic E-state index is 9.36. The van der Waals surface area contributed by atoms with Gasteiger partial charge in [0, 0.05) is 19.6 Å². The second-order valence-corrected chi connectivity index (χ2v) is 3.71. The summed E-state index contributed by atoms with van der Waals surface area (Å²) in [5.74, 6) is 5.74. The molecule has 1 atom stereocenters. The van der Waals surface area contributed by atoms with E-state index in [4.69, 9.17) is 5.84 Å². The van der Waals surface area contributed by atoms with Crippen molar-refractivity contribution in [2.24, 2.45) is 5.84 Å². The summed E-state index contributed by atoms with van der Waals surface area (Å²) in [4.78, 5) is 10.4. The zero-order chi connectivity index (χ0) is 10.7. The van der Waals surface area contributed by atoms with E-state index >= 15 is 0 Å². The van der Waals surface area contributed by atoms with Gasteiger partial charge in [-0.2, -0.15) is 0 Å². The van der Waals surface area contributed by atoms with Crippen LogP contribution in [-0.2, 0) is 6.54 Å². The van der Waals surface area contributed by atoms with E-state index in [2.05, 4.69) is 20.3 Å². The highest BCUT2D eigenvalue weighted by Crippen LogP contribution is 2.11. The highest BCUT2D eigenvalue weighted by atomic mass is 16.3. The fraction of sp³-hybridized carbons (Fsp3) is 0.556. The summed E-state index contributed by atoms with van der Waals surface area (Å²) in [6, 6.07) is 0. The number of hydrogen-bond donors (Lipinski definition) is 3. The van der Waals surface area contributed by atoms with E-state index in [-0.39, 0.29) is 6.10 Å². The molecule has 82 valence electrons. The van der Waals surface area contributed by atoms with E-state index in [9.17, 15) is 5.11 Å². The number of nitrogens with zero attached hydrogens (tertiary/aromatic N) is 3. The van der Waals surface area contributed by atoms with Gasteiger partial charge >= 0.3 is 0 Å². The Morgan fingerprint density at radius 2 is 2.40 bits per heavy atom. The van der Waals surface area contributed by atoms with Gasteiger partial charge in [-0.25, -0.2) is 10.8 Å². The molecule has 1 saturated heterocycles. The molecule has 2 heterocycles. The highest BCUT2D eigenvalue weighted by Gasteiger charge is 2.20.